The van der Waals surface area contributed by atoms with Gasteiger partial charge in [-0.1, -0.05) is 12.1 Å². The largest absolute Gasteiger partial charge is 0.454 e. The summed E-state index contributed by atoms with van der Waals surface area (Å²) < 4.78 is 7.13. The van der Waals surface area contributed by atoms with Crippen molar-refractivity contribution >= 4 is 22.4 Å². The third kappa shape index (κ3) is 4.11. The zero-order chi connectivity index (χ0) is 21.3. The van der Waals surface area contributed by atoms with Crippen LogP contribution in [0.4, 0.5) is 5.13 Å². The van der Waals surface area contributed by atoms with E-state index in [9.17, 15) is 9.59 Å². The highest BCUT2D eigenvalue weighted by Gasteiger charge is 2.15. The summed E-state index contributed by atoms with van der Waals surface area (Å²) in [6, 6.07) is 12.5. The lowest BCUT2D eigenvalue weighted by molar-refractivity contribution is 0.0994. The molecule has 7 heteroatoms. The molecule has 4 aromatic rings. The molecular weight excluding hydrogens is 398 g/mol. The summed E-state index contributed by atoms with van der Waals surface area (Å²) >= 11 is 1.37. The first-order chi connectivity index (χ1) is 14.4. The average Bonchev–Trinajstić information content (AvgIpc) is 3.36. The van der Waals surface area contributed by atoms with E-state index in [-0.39, 0.29) is 23.8 Å². The molecule has 1 aromatic carbocycles. The summed E-state index contributed by atoms with van der Waals surface area (Å²) in [6.45, 7) is 6.48. The Morgan fingerprint density at radius 3 is 2.70 bits per heavy atom. The molecule has 0 unspecified atom stereocenters. The van der Waals surface area contributed by atoms with Gasteiger partial charge in [-0.2, -0.15) is 0 Å². The predicted octanol–water partition coefficient (Wildman–Crippen LogP) is 4.79. The second-order valence-corrected chi connectivity index (χ2v) is 8.03. The smallest absolute Gasteiger partial charge is 0.293 e. The molecule has 0 bridgehead atoms. The maximum Gasteiger partial charge on any atom is 0.293 e. The van der Waals surface area contributed by atoms with Crippen molar-refractivity contribution in [3.05, 3.63) is 92.6 Å². The molecule has 1 N–H and O–H groups in total. The van der Waals surface area contributed by atoms with Gasteiger partial charge in [0.25, 0.3) is 11.5 Å². The van der Waals surface area contributed by atoms with E-state index in [1.807, 2.05) is 5.38 Å². The van der Waals surface area contributed by atoms with Crippen molar-refractivity contribution in [1.29, 1.82) is 0 Å². The monoisotopic (exact) mass is 419 g/mol. The van der Waals surface area contributed by atoms with Crippen molar-refractivity contribution < 1.29 is 9.21 Å². The highest BCUT2D eigenvalue weighted by molar-refractivity contribution is 7.14. The third-order valence-corrected chi connectivity index (χ3v) is 5.71. The van der Waals surface area contributed by atoms with Gasteiger partial charge in [-0.05, 0) is 61.7 Å². The van der Waals surface area contributed by atoms with E-state index in [0.717, 1.165) is 16.8 Å². The Hall–Kier alpha value is -3.45. The van der Waals surface area contributed by atoms with Crippen molar-refractivity contribution in [2.24, 2.45) is 0 Å². The van der Waals surface area contributed by atoms with Crippen LogP contribution >= 0.6 is 11.3 Å². The minimum absolute atomic E-state index is 0.128. The van der Waals surface area contributed by atoms with Gasteiger partial charge < -0.3 is 8.98 Å². The maximum atomic E-state index is 12.6. The SMILES string of the molecule is Cc1cc(C)c(-c2csc(NC(=O)c3ccc(Cn4ccccc4=O)o3)n2)cc1C. The van der Waals surface area contributed by atoms with Gasteiger partial charge in [-0.25, -0.2) is 4.98 Å². The van der Waals surface area contributed by atoms with Crippen molar-refractivity contribution in [2.45, 2.75) is 27.3 Å². The standard InChI is InChI=1S/C23H21N3O3S/c1-14-10-16(3)18(11-15(14)2)19-13-30-23(24-19)25-22(28)20-8-7-17(29-20)12-26-9-5-4-6-21(26)27/h4-11,13H,12H2,1-3H3,(H,24,25,28). The quantitative estimate of drug-likeness (QED) is 0.504. The molecule has 0 saturated carbocycles. The van der Waals surface area contributed by atoms with Gasteiger partial charge >= 0.3 is 0 Å². The number of anilines is 1. The number of amides is 1. The lowest BCUT2D eigenvalue weighted by Gasteiger charge is -2.07. The molecule has 3 aromatic heterocycles. The van der Waals surface area contributed by atoms with Gasteiger partial charge in [0.2, 0.25) is 0 Å². The van der Waals surface area contributed by atoms with Crippen LogP contribution in [0.25, 0.3) is 11.3 Å². The van der Waals surface area contributed by atoms with E-state index in [2.05, 4.69) is 43.2 Å². The van der Waals surface area contributed by atoms with Crippen molar-refractivity contribution in [1.82, 2.24) is 9.55 Å². The fourth-order valence-corrected chi connectivity index (χ4v) is 3.90. The summed E-state index contributed by atoms with van der Waals surface area (Å²) in [5.74, 6) is 0.325. The zero-order valence-corrected chi connectivity index (χ0v) is 17.7. The van der Waals surface area contributed by atoms with Gasteiger partial charge in [-0.3, -0.25) is 14.9 Å². The number of aryl methyl sites for hydroxylation is 3. The molecule has 0 fully saturated rings. The van der Waals surface area contributed by atoms with Gasteiger partial charge in [0.05, 0.1) is 12.2 Å². The van der Waals surface area contributed by atoms with Crippen LogP contribution in [-0.4, -0.2) is 15.5 Å². The number of hydrogen-bond donors (Lipinski definition) is 1. The molecule has 30 heavy (non-hydrogen) atoms. The number of pyridine rings is 1. The number of nitrogens with zero attached hydrogens (tertiary/aromatic N) is 2. The first kappa shape index (κ1) is 19.8. The molecule has 0 aliphatic carbocycles. The van der Waals surface area contributed by atoms with Crippen LogP contribution < -0.4 is 10.9 Å². The van der Waals surface area contributed by atoms with E-state index < -0.39 is 0 Å². The highest BCUT2D eigenvalue weighted by atomic mass is 32.1. The molecule has 0 aliphatic heterocycles. The second kappa shape index (κ2) is 8.12. The lowest BCUT2D eigenvalue weighted by Crippen LogP contribution is -2.18. The van der Waals surface area contributed by atoms with Crippen molar-refractivity contribution in [2.75, 3.05) is 5.32 Å². The molecule has 1 amide bonds. The van der Waals surface area contributed by atoms with Crippen LogP contribution in [0.15, 0.2) is 63.3 Å². The number of thiazole rings is 1. The third-order valence-electron chi connectivity index (χ3n) is 4.95. The number of benzene rings is 1. The average molecular weight is 420 g/mol. The second-order valence-electron chi connectivity index (χ2n) is 7.18. The lowest BCUT2D eigenvalue weighted by atomic mass is 9.99. The first-order valence-corrected chi connectivity index (χ1v) is 10.4. The number of nitrogens with one attached hydrogen (secondary N) is 1. The predicted molar refractivity (Wildman–Crippen MR) is 118 cm³/mol. The Morgan fingerprint density at radius 1 is 1.10 bits per heavy atom. The highest BCUT2D eigenvalue weighted by Crippen LogP contribution is 2.29. The molecule has 0 saturated heterocycles. The van der Waals surface area contributed by atoms with Crippen LogP contribution in [0.3, 0.4) is 0 Å². The summed E-state index contributed by atoms with van der Waals surface area (Å²) in [4.78, 5) is 28.9. The molecule has 0 radical (unpaired) electrons. The Kier molecular flexibility index (Phi) is 5.37. The first-order valence-electron chi connectivity index (χ1n) is 9.50. The van der Waals surface area contributed by atoms with Gasteiger partial charge in [0.1, 0.15) is 5.76 Å². The number of rotatable bonds is 5. The van der Waals surface area contributed by atoms with Gasteiger partial charge in [0, 0.05) is 23.2 Å². The molecule has 0 aliphatic rings. The Bertz CT molecular complexity index is 1280. The fraction of sp³-hybridized carbons (Fsp3) is 0.174. The minimum atomic E-state index is -0.376. The zero-order valence-electron chi connectivity index (χ0n) is 16.9. The minimum Gasteiger partial charge on any atom is -0.454 e. The summed E-state index contributed by atoms with van der Waals surface area (Å²) in [7, 11) is 0. The van der Waals surface area contributed by atoms with E-state index in [0.29, 0.717) is 10.9 Å². The molecule has 0 spiro atoms. The van der Waals surface area contributed by atoms with Gasteiger partial charge in [0.15, 0.2) is 10.9 Å². The molecule has 152 valence electrons. The summed E-state index contributed by atoms with van der Waals surface area (Å²) in [5, 5.41) is 5.23. The number of hydrogen-bond acceptors (Lipinski definition) is 5. The normalized spacial score (nSPS) is 10.9. The van der Waals surface area contributed by atoms with Crippen LogP contribution in [0.1, 0.15) is 33.0 Å². The topological polar surface area (TPSA) is 77.1 Å². The molecule has 0 atom stereocenters. The number of aromatic nitrogens is 2. The van der Waals surface area contributed by atoms with E-state index in [1.54, 1.807) is 30.5 Å². The van der Waals surface area contributed by atoms with E-state index >= 15 is 0 Å². The molecular formula is C23H21N3O3S. The number of carbonyl (C=O) groups is 1. The maximum absolute atomic E-state index is 12.6. The van der Waals surface area contributed by atoms with Crippen LogP contribution in [0, 0.1) is 20.8 Å². The summed E-state index contributed by atoms with van der Waals surface area (Å²) in [5.41, 5.74) is 5.36. The van der Waals surface area contributed by atoms with Crippen LogP contribution in [0.2, 0.25) is 0 Å². The Labute approximate surface area is 177 Å². The summed E-state index contributed by atoms with van der Waals surface area (Å²) in [6.07, 6.45) is 1.68. The van der Waals surface area contributed by atoms with E-state index in [1.165, 1.54) is 33.1 Å². The Morgan fingerprint density at radius 2 is 1.90 bits per heavy atom. The number of furan rings is 1. The van der Waals surface area contributed by atoms with Crippen LogP contribution in [0.5, 0.6) is 0 Å². The number of carbonyl (C=O) groups excluding carboxylic acids is 1. The van der Waals surface area contributed by atoms with Crippen LogP contribution in [-0.2, 0) is 6.54 Å². The van der Waals surface area contributed by atoms with Gasteiger partial charge in [-0.15, -0.1) is 11.3 Å². The fourth-order valence-electron chi connectivity index (χ4n) is 3.19. The van der Waals surface area contributed by atoms with Crippen molar-refractivity contribution in [3.8, 4) is 11.3 Å². The van der Waals surface area contributed by atoms with Crippen molar-refractivity contribution in [3.63, 3.8) is 0 Å². The molecule has 4 rings (SSSR count). The Balaban J connectivity index is 1.48. The van der Waals surface area contributed by atoms with E-state index in [4.69, 9.17) is 4.42 Å². The molecule has 6 nitrogen and oxygen atoms in total. The molecule has 3 heterocycles.